The van der Waals surface area contributed by atoms with Crippen LogP contribution in [0.2, 0.25) is 0 Å². The zero-order chi connectivity index (χ0) is 13.1. The standard InChI is InChI=1S/C13H10FN3O/c1-9(18)12-6-16-17(8-12)7-11-4-10(5-15)2-3-13(11)14/h2-4,6,8H,7H2,1H3. The largest absolute Gasteiger partial charge is 0.294 e. The molecule has 4 nitrogen and oxygen atoms in total. The number of hydrogen-bond donors (Lipinski definition) is 0. The first-order valence-corrected chi connectivity index (χ1v) is 5.32. The molecule has 1 heterocycles. The molecule has 0 unspecified atom stereocenters. The minimum atomic E-state index is -0.395. The molecule has 0 aliphatic carbocycles. The van der Waals surface area contributed by atoms with Gasteiger partial charge in [0.25, 0.3) is 0 Å². The third-order valence-electron chi connectivity index (χ3n) is 2.55. The number of halogens is 1. The molecule has 90 valence electrons. The van der Waals surface area contributed by atoms with Gasteiger partial charge in [-0.1, -0.05) is 0 Å². The van der Waals surface area contributed by atoms with Gasteiger partial charge in [-0.3, -0.25) is 9.48 Å². The third-order valence-corrected chi connectivity index (χ3v) is 2.55. The Labute approximate surface area is 103 Å². The summed E-state index contributed by atoms with van der Waals surface area (Å²) in [4.78, 5) is 11.1. The molecule has 0 N–H and O–H groups in total. The van der Waals surface area contributed by atoms with E-state index in [0.29, 0.717) is 16.7 Å². The molecule has 2 rings (SSSR count). The van der Waals surface area contributed by atoms with Crippen molar-refractivity contribution in [3.63, 3.8) is 0 Å². The van der Waals surface area contributed by atoms with E-state index in [1.807, 2.05) is 6.07 Å². The van der Waals surface area contributed by atoms with Gasteiger partial charge in [0.2, 0.25) is 0 Å². The van der Waals surface area contributed by atoms with Crippen LogP contribution in [0.25, 0.3) is 0 Å². The molecule has 0 bridgehead atoms. The molecule has 0 amide bonds. The lowest BCUT2D eigenvalue weighted by atomic mass is 10.1. The molecule has 2 aromatic rings. The normalized spacial score (nSPS) is 10.1. The van der Waals surface area contributed by atoms with E-state index in [1.54, 1.807) is 6.20 Å². The number of Topliss-reactive ketones (excluding diaryl/α,β-unsaturated/α-hetero) is 1. The number of carbonyl (C=O) groups is 1. The SMILES string of the molecule is CC(=O)c1cnn(Cc2cc(C#N)ccc2F)c1. The summed E-state index contributed by atoms with van der Waals surface area (Å²) >= 11 is 0. The first-order valence-electron chi connectivity index (χ1n) is 5.32. The van der Waals surface area contributed by atoms with Crippen molar-refractivity contribution in [3.8, 4) is 6.07 Å². The van der Waals surface area contributed by atoms with E-state index >= 15 is 0 Å². The number of ketones is 1. The van der Waals surface area contributed by atoms with Crippen molar-refractivity contribution in [2.75, 3.05) is 0 Å². The fourth-order valence-electron chi connectivity index (χ4n) is 1.57. The second-order valence-electron chi connectivity index (χ2n) is 3.90. The second-order valence-corrected chi connectivity index (χ2v) is 3.90. The minimum Gasteiger partial charge on any atom is -0.294 e. The number of aromatic nitrogens is 2. The number of rotatable bonds is 3. The molecular weight excluding hydrogens is 233 g/mol. The van der Waals surface area contributed by atoms with Gasteiger partial charge >= 0.3 is 0 Å². The van der Waals surface area contributed by atoms with Gasteiger partial charge in [-0.25, -0.2) is 4.39 Å². The van der Waals surface area contributed by atoms with Crippen LogP contribution < -0.4 is 0 Å². The van der Waals surface area contributed by atoms with Gasteiger partial charge in [-0.05, 0) is 25.1 Å². The predicted molar refractivity (Wildman–Crippen MR) is 62.4 cm³/mol. The summed E-state index contributed by atoms with van der Waals surface area (Å²) in [6.07, 6.45) is 3.00. The quantitative estimate of drug-likeness (QED) is 0.776. The Balaban J connectivity index is 2.28. The Morgan fingerprint density at radius 2 is 2.33 bits per heavy atom. The molecule has 0 radical (unpaired) electrons. The summed E-state index contributed by atoms with van der Waals surface area (Å²) in [6.45, 7) is 1.63. The first kappa shape index (κ1) is 12.0. The van der Waals surface area contributed by atoms with E-state index in [-0.39, 0.29) is 12.3 Å². The van der Waals surface area contributed by atoms with Crippen LogP contribution >= 0.6 is 0 Å². The van der Waals surface area contributed by atoms with Crippen molar-refractivity contribution in [2.45, 2.75) is 13.5 Å². The summed E-state index contributed by atoms with van der Waals surface area (Å²) < 4.78 is 15.0. The minimum absolute atomic E-state index is 0.0903. The third kappa shape index (κ3) is 2.43. The zero-order valence-electron chi connectivity index (χ0n) is 9.72. The smallest absolute Gasteiger partial charge is 0.162 e. The Morgan fingerprint density at radius 3 is 2.94 bits per heavy atom. The average molecular weight is 243 g/mol. The van der Waals surface area contributed by atoms with Crippen molar-refractivity contribution in [1.82, 2.24) is 9.78 Å². The number of nitrogens with zero attached hydrogens (tertiary/aromatic N) is 3. The van der Waals surface area contributed by atoms with Gasteiger partial charge in [-0.15, -0.1) is 0 Å². The topological polar surface area (TPSA) is 58.7 Å². The average Bonchev–Trinajstić information content (AvgIpc) is 2.81. The van der Waals surface area contributed by atoms with Gasteiger partial charge in [0.05, 0.1) is 29.9 Å². The highest BCUT2D eigenvalue weighted by Crippen LogP contribution is 2.12. The molecule has 0 atom stereocenters. The van der Waals surface area contributed by atoms with Crippen molar-refractivity contribution >= 4 is 5.78 Å². The molecular formula is C13H10FN3O. The van der Waals surface area contributed by atoms with Crippen LogP contribution in [-0.2, 0) is 6.54 Å². The highest BCUT2D eigenvalue weighted by molar-refractivity contribution is 5.93. The lowest BCUT2D eigenvalue weighted by Gasteiger charge is -2.03. The molecule has 18 heavy (non-hydrogen) atoms. The van der Waals surface area contributed by atoms with Gasteiger partial charge in [-0.2, -0.15) is 10.4 Å². The Hall–Kier alpha value is -2.48. The van der Waals surface area contributed by atoms with E-state index in [9.17, 15) is 9.18 Å². The molecule has 1 aromatic heterocycles. The number of benzene rings is 1. The van der Waals surface area contributed by atoms with E-state index in [1.165, 1.54) is 36.0 Å². The van der Waals surface area contributed by atoms with Gasteiger partial charge in [0.1, 0.15) is 5.82 Å². The summed E-state index contributed by atoms with van der Waals surface area (Å²) in [7, 11) is 0. The van der Waals surface area contributed by atoms with Crippen LogP contribution in [0.3, 0.4) is 0 Å². The summed E-state index contributed by atoms with van der Waals surface area (Å²) in [6, 6.07) is 6.10. The molecule has 0 saturated heterocycles. The highest BCUT2D eigenvalue weighted by Gasteiger charge is 2.07. The monoisotopic (exact) mass is 243 g/mol. The molecule has 1 aromatic carbocycles. The Bertz CT molecular complexity index is 640. The van der Waals surface area contributed by atoms with Crippen LogP contribution in [-0.4, -0.2) is 15.6 Å². The van der Waals surface area contributed by atoms with Gasteiger partial charge in [0, 0.05) is 11.8 Å². The Kier molecular flexibility index (Phi) is 3.20. The van der Waals surface area contributed by atoms with Crippen molar-refractivity contribution in [1.29, 1.82) is 5.26 Å². The number of carbonyl (C=O) groups excluding carboxylic acids is 1. The van der Waals surface area contributed by atoms with Crippen molar-refractivity contribution in [2.24, 2.45) is 0 Å². The highest BCUT2D eigenvalue weighted by atomic mass is 19.1. The Morgan fingerprint density at radius 1 is 1.56 bits per heavy atom. The van der Waals surface area contributed by atoms with E-state index in [2.05, 4.69) is 5.10 Å². The maximum absolute atomic E-state index is 13.5. The second kappa shape index (κ2) is 4.80. The predicted octanol–water partition coefficient (Wildman–Crippen LogP) is 2.14. The lowest BCUT2D eigenvalue weighted by molar-refractivity contribution is 0.101. The molecule has 0 aliphatic heterocycles. The van der Waals surface area contributed by atoms with E-state index < -0.39 is 5.82 Å². The van der Waals surface area contributed by atoms with Crippen molar-refractivity contribution < 1.29 is 9.18 Å². The van der Waals surface area contributed by atoms with Crippen molar-refractivity contribution in [3.05, 3.63) is 53.1 Å². The molecule has 0 spiro atoms. The van der Waals surface area contributed by atoms with Crippen LogP contribution in [0, 0.1) is 17.1 Å². The van der Waals surface area contributed by atoms with Crippen LogP contribution in [0.4, 0.5) is 4.39 Å². The van der Waals surface area contributed by atoms with Crippen LogP contribution in [0.1, 0.15) is 28.4 Å². The fraction of sp³-hybridized carbons (Fsp3) is 0.154. The van der Waals surface area contributed by atoms with Crippen LogP contribution in [0.5, 0.6) is 0 Å². The fourth-order valence-corrected chi connectivity index (χ4v) is 1.57. The maximum Gasteiger partial charge on any atom is 0.162 e. The van der Waals surface area contributed by atoms with E-state index in [0.717, 1.165) is 0 Å². The van der Waals surface area contributed by atoms with Gasteiger partial charge < -0.3 is 0 Å². The summed E-state index contributed by atoms with van der Waals surface area (Å²) in [5, 5.41) is 12.7. The van der Waals surface area contributed by atoms with Gasteiger partial charge in [0.15, 0.2) is 5.78 Å². The molecule has 0 fully saturated rings. The molecule has 0 aliphatic rings. The molecule has 5 heteroatoms. The van der Waals surface area contributed by atoms with Crippen LogP contribution in [0.15, 0.2) is 30.6 Å². The maximum atomic E-state index is 13.5. The first-order chi connectivity index (χ1) is 8.60. The number of nitriles is 1. The zero-order valence-corrected chi connectivity index (χ0v) is 9.72. The molecule has 0 saturated carbocycles. The summed E-state index contributed by atoms with van der Waals surface area (Å²) in [5.41, 5.74) is 1.24. The summed E-state index contributed by atoms with van der Waals surface area (Å²) in [5.74, 6) is -0.485. The van der Waals surface area contributed by atoms with E-state index in [4.69, 9.17) is 5.26 Å². The number of hydrogen-bond acceptors (Lipinski definition) is 3. The lowest BCUT2D eigenvalue weighted by Crippen LogP contribution is -2.03.